The Labute approximate surface area is 98.0 Å². The third-order valence-corrected chi connectivity index (χ3v) is 2.61. The highest BCUT2D eigenvalue weighted by Gasteiger charge is 2.31. The third-order valence-electron chi connectivity index (χ3n) is 2.61. The van der Waals surface area contributed by atoms with Gasteiger partial charge in [-0.05, 0) is 6.92 Å². The molecule has 1 unspecified atom stereocenters. The van der Waals surface area contributed by atoms with Gasteiger partial charge in [-0.2, -0.15) is 0 Å². The van der Waals surface area contributed by atoms with Crippen molar-refractivity contribution >= 4 is 17.8 Å². The highest BCUT2D eigenvalue weighted by molar-refractivity contribution is 6.04. The lowest BCUT2D eigenvalue weighted by Crippen LogP contribution is -2.57. The van der Waals surface area contributed by atoms with Gasteiger partial charge in [-0.25, -0.2) is 9.97 Å². The molecule has 2 heterocycles. The highest BCUT2D eigenvalue weighted by atomic mass is 16.2. The maximum Gasteiger partial charge on any atom is 0.249 e. The number of hydrogen-bond acceptors (Lipinski definition) is 6. The quantitative estimate of drug-likeness (QED) is 0.623. The van der Waals surface area contributed by atoms with E-state index in [1.165, 1.54) is 0 Å². The van der Waals surface area contributed by atoms with Crippen LogP contribution in [0.3, 0.4) is 0 Å². The number of nitrogens with two attached hydrogens (primary N) is 1. The number of carbonyl (C=O) groups excluding carboxylic acids is 2. The Hall–Kier alpha value is -2.02. The number of piperazine rings is 1. The van der Waals surface area contributed by atoms with E-state index in [0.29, 0.717) is 12.5 Å². The molecule has 0 radical (unpaired) electrons. The van der Waals surface area contributed by atoms with Crippen molar-refractivity contribution in [2.45, 2.75) is 19.5 Å². The molecule has 2 rings (SSSR count). The molecular formula is C10H13N5O2. The molecule has 7 heteroatoms. The lowest BCUT2D eigenvalue weighted by molar-refractivity contribution is -0.132. The predicted molar refractivity (Wildman–Crippen MR) is 59.9 cm³/mol. The second-order valence-corrected chi connectivity index (χ2v) is 3.81. The average Bonchev–Trinajstić information content (AvgIpc) is 2.34. The van der Waals surface area contributed by atoms with Crippen LogP contribution in [-0.4, -0.2) is 34.4 Å². The molecule has 1 aliphatic rings. The van der Waals surface area contributed by atoms with Crippen LogP contribution in [0.2, 0.25) is 0 Å². The highest BCUT2D eigenvalue weighted by Crippen LogP contribution is 2.13. The van der Waals surface area contributed by atoms with E-state index >= 15 is 0 Å². The van der Waals surface area contributed by atoms with Crippen LogP contribution in [-0.2, 0) is 16.1 Å². The first-order valence-electron chi connectivity index (χ1n) is 5.23. The van der Waals surface area contributed by atoms with Gasteiger partial charge < -0.3 is 10.6 Å². The number of amides is 2. The molecule has 1 aliphatic heterocycles. The Morgan fingerprint density at radius 1 is 1.47 bits per heavy atom. The van der Waals surface area contributed by atoms with E-state index in [0.717, 1.165) is 5.56 Å². The number of imide groups is 1. The minimum Gasteiger partial charge on any atom is -0.326 e. The summed E-state index contributed by atoms with van der Waals surface area (Å²) in [5.74, 6) is -0.328. The molecule has 17 heavy (non-hydrogen) atoms. The van der Waals surface area contributed by atoms with E-state index in [-0.39, 0.29) is 18.4 Å². The van der Waals surface area contributed by atoms with Crippen LogP contribution >= 0.6 is 0 Å². The van der Waals surface area contributed by atoms with Crippen molar-refractivity contribution in [3.8, 4) is 0 Å². The van der Waals surface area contributed by atoms with Gasteiger partial charge in [0.25, 0.3) is 0 Å². The predicted octanol–water partition coefficient (Wildman–Crippen LogP) is -1.21. The molecule has 0 aromatic carbocycles. The van der Waals surface area contributed by atoms with Gasteiger partial charge in [-0.15, -0.1) is 0 Å². The summed E-state index contributed by atoms with van der Waals surface area (Å²) in [6.45, 7) is 2.13. The van der Waals surface area contributed by atoms with E-state index in [9.17, 15) is 9.59 Å². The van der Waals surface area contributed by atoms with Gasteiger partial charge in [0, 0.05) is 24.5 Å². The van der Waals surface area contributed by atoms with Crippen molar-refractivity contribution in [1.29, 1.82) is 0 Å². The first kappa shape index (κ1) is 11.5. The zero-order chi connectivity index (χ0) is 12.4. The molecule has 2 amide bonds. The van der Waals surface area contributed by atoms with Crippen LogP contribution in [0.1, 0.15) is 12.5 Å². The zero-order valence-electron chi connectivity index (χ0n) is 9.38. The van der Waals surface area contributed by atoms with E-state index in [2.05, 4.69) is 15.3 Å². The van der Waals surface area contributed by atoms with Gasteiger partial charge in [0.05, 0.1) is 0 Å². The third kappa shape index (κ3) is 2.23. The van der Waals surface area contributed by atoms with Gasteiger partial charge in [0.2, 0.25) is 17.8 Å². The summed E-state index contributed by atoms with van der Waals surface area (Å²) in [4.78, 5) is 32.5. The van der Waals surface area contributed by atoms with Gasteiger partial charge in [-0.1, -0.05) is 0 Å². The molecule has 90 valence electrons. The molecule has 0 bridgehead atoms. The normalized spacial score (nSPS) is 20.4. The summed E-state index contributed by atoms with van der Waals surface area (Å²) in [7, 11) is 0. The maximum absolute atomic E-state index is 11.5. The molecule has 1 fully saturated rings. The zero-order valence-corrected chi connectivity index (χ0v) is 9.38. The first-order chi connectivity index (χ1) is 8.11. The number of aromatic nitrogens is 2. The Kier molecular flexibility index (Phi) is 3.01. The molecular weight excluding hydrogens is 222 g/mol. The van der Waals surface area contributed by atoms with Gasteiger partial charge in [-0.3, -0.25) is 14.9 Å². The van der Waals surface area contributed by atoms with Crippen LogP contribution < -0.4 is 16.0 Å². The van der Waals surface area contributed by atoms with Crippen LogP contribution in [0.15, 0.2) is 12.4 Å². The summed E-state index contributed by atoms with van der Waals surface area (Å²) >= 11 is 0. The smallest absolute Gasteiger partial charge is 0.249 e. The molecule has 1 aromatic heterocycles. The van der Waals surface area contributed by atoms with Crippen LogP contribution in [0.25, 0.3) is 0 Å². The minimum atomic E-state index is -0.462. The van der Waals surface area contributed by atoms with Crippen molar-refractivity contribution in [1.82, 2.24) is 15.3 Å². The Bertz CT molecular complexity index is 445. The molecule has 7 nitrogen and oxygen atoms in total. The molecule has 0 spiro atoms. The number of carbonyl (C=O) groups is 2. The van der Waals surface area contributed by atoms with Gasteiger partial charge in [0.15, 0.2) is 0 Å². The van der Waals surface area contributed by atoms with Crippen LogP contribution in [0, 0.1) is 0 Å². The number of nitrogens with one attached hydrogen (secondary N) is 1. The number of nitrogens with zero attached hydrogens (tertiary/aromatic N) is 3. The van der Waals surface area contributed by atoms with Crippen LogP contribution in [0.5, 0.6) is 0 Å². The lowest BCUT2D eigenvalue weighted by atomic mass is 10.2. The van der Waals surface area contributed by atoms with E-state index in [1.807, 2.05) is 0 Å². The summed E-state index contributed by atoms with van der Waals surface area (Å²) < 4.78 is 0. The Balaban J connectivity index is 2.24. The first-order valence-corrected chi connectivity index (χ1v) is 5.23. The number of anilines is 1. The Morgan fingerprint density at radius 2 is 2.12 bits per heavy atom. The minimum absolute atomic E-state index is 0.0783. The van der Waals surface area contributed by atoms with E-state index < -0.39 is 6.04 Å². The fraction of sp³-hybridized carbons (Fsp3) is 0.400. The van der Waals surface area contributed by atoms with E-state index in [4.69, 9.17) is 5.73 Å². The second kappa shape index (κ2) is 4.46. The average molecular weight is 235 g/mol. The second-order valence-electron chi connectivity index (χ2n) is 3.81. The SMILES string of the molecule is CC1C(=O)NC(=O)CN1c1ncc(CN)cn1. The fourth-order valence-corrected chi connectivity index (χ4v) is 1.56. The molecule has 0 aliphatic carbocycles. The van der Waals surface area contributed by atoms with Crippen LogP contribution in [0.4, 0.5) is 5.95 Å². The monoisotopic (exact) mass is 235 g/mol. The maximum atomic E-state index is 11.5. The molecule has 1 atom stereocenters. The van der Waals surface area contributed by atoms with Crippen molar-refractivity contribution in [2.24, 2.45) is 5.73 Å². The molecule has 1 aromatic rings. The number of hydrogen-bond donors (Lipinski definition) is 2. The lowest BCUT2D eigenvalue weighted by Gasteiger charge is -2.31. The molecule has 3 N–H and O–H groups in total. The fourth-order valence-electron chi connectivity index (χ4n) is 1.56. The largest absolute Gasteiger partial charge is 0.326 e. The van der Waals surface area contributed by atoms with Crippen molar-refractivity contribution < 1.29 is 9.59 Å². The topological polar surface area (TPSA) is 101 Å². The standard InChI is InChI=1S/C10H13N5O2/c1-6-9(17)14-8(16)5-15(6)10-12-3-7(2-11)4-13-10/h3-4,6H,2,5,11H2,1H3,(H,14,16,17). The summed E-state index contributed by atoms with van der Waals surface area (Å²) in [5.41, 5.74) is 6.24. The summed E-state index contributed by atoms with van der Waals surface area (Å²) in [5, 5.41) is 2.26. The van der Waals surface area contributed by atoms with E-state index in [1.54, 1.807) is 24.2 Å². The van der Waals surface area contributed by atoms with Gasteiger partial charge >= 0.3 is 0 Å². The Morgan fingerprint density at radius 3 is 2.71 bits per heavy atom. The molecule has 1 saturated heterocycles. The molecule has 0 saturated carbocycles. The van der Waals surface area contributed by atoms with Crippen molar-refractivity contribution in [3.05, 3.63) is 18.0 Å². The number of rotatable bonds is 2. The van der Waals surface area contributed by atoms with Crippen molar-refractivity contribution in [2.75, 3.05) is 11.4 Å². The van der Waals surface area contributed by atoms with Gasteiger partial charge in [0.1, 0.15) is 12.6 Å². The van der Waals surface area contributed by atoms with Crippen molar-refractivity contribution in [3.63, 3.8) is 0 Å². The summed E-state index contributed by atoms with van der Waals surface area (Å²) in [6, 6.07) is -0.462. The summed E-state index contributed by atoms with van der Waals surface area (Å²) in [6.07, 6.45) is 3.18.